The highest BCUT2D eigenvalue weighted by atomic mass is 16.4. The summed E-state index contributed by atoms with van der Waals surface area (Å²) in [5, 5.41) is 29.7. The molecule has 0 saturated heterocycles. The maximum atomic E-state index is 10.3. The van der Waals surface area contributed by atoms with E-state index in [-0.39, 0.29) is 6.42 Å². The first-order valence-corrected chi connectivity index (χ1v) is 9.43. The Bertz CT molecular complexity index is 486. The predicted octanol–water partition coefficient (Wildman–Crippen LogP) is 3.38. The van der Waals surface area contributed by atoms with Crippen molar-refractivity contribution < 1.29 is 20.1 Å². The first-order chi connectivity index (χ1) is 12.6. The number of carboxylic acids is 1. The molecule has 0 heterocycles. The summed E-state index contributed by atoms with van der Waals surface area (Å²) in [7, 11) is 0. The van der Waals surface area contributed by atoms with Crippen LogP contribution < -0.4 is 5.11 Å². The van der Waals surface area contributed by atoms with Crippen LogP contribution in [-0.2, 0) is 4.79 Å². The molecule has 0 fully saturated rings. The molecule has 0 rings (SSSR count). The van der Waals surface area contributed by atoms with E-state index in [4.69, 9.17) is 0 Å². The van der Waals surface area contributed by atoms with Crippen molar-refractivity contribution in [1.29, 1.82) is 0 Å². The molecule has 2 atom stereocenters. The Hall–Kier alpha value is -1.91. The van der Waals surface area contributed by atoms with Crippen molar-refractivity contribution in [2.24, 2.45) is 0 Å². The molecule has 0 radical (unpaired) electrons. The summed E-state index contributed by atoms with van der Waals surface area (Å²) < 4.78 is 0. The number of carbonyl (C=O) groups excluding carboxylic acids is 1. The number of aliphatic hydroxyl groups excluding tert-OH is 2. The number of aliphatic carboxylic acids is 1. The normalized spacial score (nSPS) is 15.2. The van der Waals surface area contributed by atoms with Crippen molar-refractivity contribution in [3.8, 4) is 0 Å². The Labute approximate surface area is 157 Å². The zero-order chi connectivity index (χ0) is 19.5. The Morgan fingerprint density at radius 3 is 2.15 bits per heavy atom. The molecule has 146 valence electrons. The van der Waals surface area contributed by atoms with Gasteiger partial charge in [0.1, 0.15) is 0 Å². The molecule has 0 aliphatic heterocycles. The minimum Gasteiger partial charge on any atom is -0.550 e. The Morgan fingerprint density at radius 1 is 0.885 bits per heavy atom. The SMILES string of the molecule is CC/C=C\CC(O)/C=C/C=CCC=C/C=C\C(O)CCCCCC(=O)[O-]. The van der Waals surface area contributed by atoms with Crippen molar-refractivity contribution in [3.05, 3.63) is 60.8 Å². The fourth-order valence-electron chi connectivity index (χ4n) is 2.15. The van der Waals surface area contributed by atoms with E-state index < -0.39 is 18.2 Å². The van der Waals surface area contributed by atoms with Gasteiger partial charge in [-0.1, -0.05) is 80.5 Å². The van der Waals surface area contributed by atoms with Crippen LogP contribution in [-0.4, -0.2) is 28.4 Å². The molecular weight excluding hydrogens is 328 g/mol. The molecule has 26 heavy (non-hydrogen) atoms. The van der Waals surface area contributed by atoms with Gasteiger partial charge in [-0.2, -0.15) is 0 Å². The summed E-state index contributed by atoms with van der Waals surface area (Å²) in [4.78, 5) is 10.3. The van der Waals surface area contributed by atoms with Crippen molar-refractivity contribution in [3.63, 3.8) is 0 Å². The zero-order valence-corrected chi connectivity index (χ0v) is 15.8. The number of unbranched alkanes of at least 4 members (excludes halogenated alkanes) is 2. The molecule has 4 nitrogen and oxygen atoms in total. The van der Waals surface area contributed by atoms with Gasteiger partial charge >= 0.3 is 0 Å². The van der Waals surface area contributed by atoms with E-state index in [2.05, 4.69) is 6.92 Å². The Morgan fingerprint density at radius 2 is 1.54 bits per heavy atom. The highest BCUT2D eigenvalue weighted by Gasteiger charge is 1.98. The van der Waals surface area contributed by atoms with Crippen LogP contribution >= 0.6 is 0 Å². The van der Waals surface area contributed by atoms with Crippen LogP contribution in [0.2, 0.25) is 0 Å². The number of rotatable bonds is 15. The number of hydrogen-bond donors (Lipinski definition) is 2. The van der Waals surface area contributed by atoms with Gasteiger partial charge in [-0.15, -0.1) is 0 Å². The Kier molecular flexibility index (Phi) is 16.6. The fraction of sp³-hybridized carbons (Fsp3) is 0.500. The molecular formula is C22H33O4-. The van der Waals surface area contributed by atoms with Crippen molar-refractivity contribution in [2.45, 2.75) is 70.5 Å². The molecule has 0 aromatic carbocycles. The van der Waals surface area contributed by atoms with Gasteiger partial charge in [-0.3, -0.25) is 0 Å². The van der Waals surface area contributed by atoms with Gasteiger partial charge < -0.3 is 20.1 Å². The smallest absolute Gasteiger partial charge is 0.0758 e. The van der Waals surface area contributed by atoms with Gasteiger partial charge in [0, 0.05) is 5.97 Å². The van der Waals surface area contributed by atoms with Crippen molar-refractivity contribution in [2.75, 3.05) is 0 Å². The maximum Gasteiger partial charge on any atom is 0.0758 e. The summed E-state index contributed by atoms with van der Waals surface area (Å²) in [5.74, 6) is -1.01. The van der Waals surface area contributed by atoms with Crippen molar-refractivity contribution >= 4 is 5.97 Å². The average Bonchev–Trinajstić information content (AvgIpc) is 2.60. The molecule has 0 aliphatic rings. The van der Waals surface area contributed by atoms with E-state index >= 15 is 0 Å². The second kappa shape index (κ2) is 17.9. The molecule has 2 unspecified atom stereocenters. The first-order valence-electron chi connectivity index (χ1n) is 9.43. The first kappa shape index (κ1) is 24.1. The lowest BCUT2D eigenvalue weighted by Gasteiger charge is -2.05. The maximum absolute atomic E-state index is 10.3. The molecule has 0 aromatic heterocycles. The molecule has 0 saturated carbocycles. The summed E-state index contributed by atoms with van der Waals surface area (Å²) in [5.41, 5.74) is 0. The monoisotopic (exact) mass is 361 g/mol. The van der Waals surface area contributed by atoms with E-state index in [0.717, 1.165) is 25.7 Å². The standard InChI is InChI=1S/C22H34O4/c1-2-3-10-15-20(23)16-11-7-5-4-6-8-12-17-21(24)18-13-9-14-19-22(25)26/h3,5-8,10-12,16-17,20-21,23-24H,2,4,9,13-15,18-19H2,1H3,(H,25,26)/p-1/b7-5?,8-6?,10-3-,16-11+,17-12-. The number of carbonyl (C=O) groups is 1. The lowest BCUT2D eigenvalue weighted by atomic mass is 10.1. The highest BCUT2D eigenvalue weighted by molar-refractivity contribution is 5.64. The van der Waals surface area contributed by atoms with E-state index in [1.807, 2.05) is 48.6 Å². The summed E-state index contributed by atoms with van der Waals surface area (Å²) in [6.45, 7) is 2.06. The van der Waals surface area contributed by atoms with Crippen LogP contribution in [0.4, 0.5) is 0 Å². The largest absolute Gasteiger partial charge is 0.550 e. The second-order valence-corrected chi connectivity index (χ2v) is 6.08. The lowest BCUT2D eigenvalue weighted by molar-refractivity contribution is -0.305. The predicted molar refractivity (Wildman–Crippen MR) is 105 cm³/mol. The van der Waals surface area contributed by atoms with Crippen LogP contribution in [0, 0.1) is 0 Å². The van der Waals surface area contributed by atoms with Gasteiger partial charge in [0.15, 0.2) is 0 Å². The van der Waals surface area contributed by atoms with Gasteiger partial charge in [0.25, 0.3) is 0 Å². The molecule has 0 bridgehead atoms. The topological polar surface area (TPSA) is 80.6 Å². The quantitative estimate of drug-likeness (QED) is 0.266. The van der Waals surface area contributed by atoms with Gasteiger partial charge in [0.2, 0.25) is 0 Å². The summed E-state index contributed by atoms with van der Waals surface area (Å²) >= 11 is 0. The number of allylic oxidation sites excluding steroid dienone is 7. The third-order valence-electron chi connectivity index (χ3n) is 3.59. The third kappa shape index (κ3) is 18.4. The third-order valence-corrected chi connectivity index (χ3v) is 3.59. The van der Waals surface area contributed by atoms with Crippen LogP contribution in [0.5, 0.6) is 0 Å². The molecule has 0 aromatic rings. The van der Waals surface area contributed by atoms with E-state index in [1.54, 1.807) is 12.2 Å². The number of carboxylic acid groups (broad SMARTS) is 1. The average molecular weight is 362 g/mol. The van der Waals surface area contributed by atoms with Crippen molar-refractivity contribution in [1.82, 2.24) is 0 Å². The molecule has 0 spiro atoms. The van der Waals surface area contributed by atoms with Crippen LogP contribution in [0.1, 0.15) is 58.3 Å². The highest BCUT2D eigenvalue weighted by Crippen LogP contribution is 2.06. The van der Waals surface area contributed by atoms with E-state index in [9.17, 15) is 20.1 Å². The van der Waals surface area contributed by atoms with Gasteiger partial charge in [0.05, 0.1) is 12.2 Å². The lowest BCUT2D eigenvalue weighted by Crippen LogP contribution is -2.21. The fourth-order valence-corrected chi connectivity index (χ4v) is 2.15. The Balaban J connectivity index is 3.76. The van der Waals surface area contributed by atoms with Crippen LogP contribution in [0.25, 0.3) is 0 Å². The van der Waals surface area contributed by atoms with Crippen LogP contribution in [0.15, 0.2) is 60.8 Å². The molecule has 0 amide bonds. The zero-order valence-electron chi connectivity index (χ0n) is 15.8. The number of aliphatic hydroxyl groups is 2. The van der Waals surface area contributed by atoms with Gasteiger partial charge in [-0.25, -0.2) is 0 Å². The minimum absolute atomic E-state index is 0.0895. The number of hydrogen-bond acceptors (Lipinski definition) is 4. The summed E-state index contributed by atoms with van der Waals surface area (Å²) in [6.07, 6.45) is 23.3. The second-order valence-electron chi connectivity index (χ2n) is 6.08. The van der Waals surface area contributed by atoms with Crippen LogP contribution in [0.3, 0.4) is 0 Å². The summed E-state index contributed by atoms with van der Waals surface area (Å²) in [6, 6.07) is 0. The minimum atomic E-state index is -1.01. The van der Waals surface area contributed by atoms with E-state index in [1.165, 1.54) is 0 Å². The molecule has 2 N–H and O–H groups in total. The molecule has 4 heteroatoms. The van der Waals surface area contributed by atoms with E-state index in [0.29, 0.717) is 19.3 Å². The van der Waals surface area contributed by atoms with Gasteiger partial charge in [-0.05, 0) is 38.5 Å². The molecule has 0 aliphatic carbocycles.